The van der Waals surface area contributed by atoms with Crippen LogP contribution >= 0.6 is 0 Å². The van der Waals surface area contributed by atoms with Gasteiger partial charge in [-0.15, -0.1) is 0 Å². The first-order valence-electron chi connectivity index (χ1n) is 11.6. The summed E-state index contributed by atoms with van der Waals surface area (Å²) < 4.78 is 0. The quantitative estimate of drug-likeness (QED) is 0.771. The molecule has 2 aliphatic carbocycles. The van der Waals surface area contributed by atoms with E-state index in [0.29, 0.717) is 18.3 Å². The first-order valence-corrected chi connectivity index (χ1v) is 11.6. The van der Waals surface area contributed by atoms with Crippen LogP contribution in [0.1, 0.15) is 79.0 Å². The molecule has 164 valence electrons. The number of hydrogen-bond donors (Lipinski definition) is 2. The van der Waals surface area contributed by atoms with Crippen molar-refractivity contribution < 1.29 is 9.90 Å². The summed E-state index contributed by atoms with van der Waals surface area (Å²) in [5, 5.41) is 14.1. The monoisotopic (exact) mass is 419 g/mol. The van der Waals surface area contributed by atoms with Gasteiger partial charge in [0.25, 0.3) is 0 Å². The lowest BCUT2D eigenvalue weighted by Crippen LogP contribution is -2.56. The molecule has 5 rings (SSSR count). The number of hydrogen-bond acceptors (Lipinski definition) is 4. The minimum absolute atomic E-state index is 0.232. The molecule has 2 N–H and O–H groups in total. The van der Waals surface area contributed by atoms with Crippen molar-refractivity contribution in [1.82, 2.24) is 15.3 Å². The number of aliphatic carboxylic acids is 1. The minimum atomic E-state index is -1.14. The lowest BCUT2D eigenvalue weighted by Gasteiger charge is -2.41. The zero-order valence-corrected chi connectivity index (χ0v) is 19.3. The molecule has 1 saturated heterocycles. The summed E-state index contributed by atoms with van der Waals surface area (Å²) >= 11 is 0. The van der Waals surface area contributed by atoms with Crippen molar-refractivity contribution >= 4 is 5.97 Å². The Morgan fingerprint density at radius 2 is 1.81 bits per heavy atom. The highest BCUT2D eigenvalue weighted by Gasteiger charge is 2.65. The summed E-state index contributed by atoms with van der Waals surface area (Å²) in [5.41, 5.74) is 4.91. The number of fused-ring (bicyclic) bond motifs is 1. The number of nitrogens with zero attached hydrogens (tertiary/aromatic N) is 2. The van der Waals surface area contributed by atoms with Crippen LogP contribution in [0.2, 0.25) is 0 Å². The van der Waals surface area contributed by atoms with Crippen molar-refractivity contribution in [3.05, 3.63) is 57.7 Å². The maximum Gasteiger partial charge on any atom is 0.330 e. The van der Waals surface area contributed by atoms with Gasteiger partial charge in [0.15, 0.2) is 5.54 Å². The van der Waals surface area contributed by atoms with E-state index in [9.17, 15) is 9.90 Å². The standard InChI is InChI=1S/C26H33N3O2/c1-15-6-9-20(16(2)14-15)24(4)11-10-19-21(24)28-17(3)29-22(19)26(23(30)31)25(5,12-13-27-26)18-7-8-18/h6,9,14,18,27H,7-8,10-13H2,1-5H3,(H,30,31)/t24?,25?,26-/m1/s1. The van der Waals surface area contributed by atoms with Crippen molar-refractivity contribution in [1.29, 1.82) is 0 Å². The van der Waals surface area contributed by atoms with Crippen molar-refractivity contribution in [3.8, 4) is 0 Å². The van der Waals surface area contributed by atoms with Gasteiger partial charge in [-0.2, -0.15) is 0 Å². The normalized spacial score (nSPS) is 32.3. The molecule has 31 heavy (non-hydrogen) atoms. The topological polar surface area (TPSA) is 75.1 Å². The van der Waals surface area contributed by atoms with E-state index in [0.717, 1.165) is 49.1 Å². The molecule has 1 aromatic carbocycles. The van der Waals surface area contributed by atoms with Gasteiger partial charge in [-0.3, -0.25) is 5.32 Å². The SMILES string of the molecule is Cc1ccc(C2(C)CCc3c2nc(C)nc3[C@]2(C(=O)O)NCCC2(C)C2CC2)c(C)c1. The molecule has 2 aromatic rings. The Hall–Kier alpha value is -2.27. The Balaban J connectivity index is 1.74. The van der Waals surface area contributed by atoms with Gasteiger partial charge < -0.3 is 5.11 Å². The maximum atomic E-state index is 13.0. The molecule has 5 heteroatoms. The third kappa shape index (κ3) is 2.68. The molecule has 0 amide bonds. The third-order valence-corrected chi connectivity index (χ3v) is 8.54. The van der Waals surface area contributed by atoms with E-state index >= 15 is 0 Å². The number of aromatic nitrogens is 2. The molecule has 1 aliphatic heterocycles. The Bertz CT molecular complexity index is 1090. The van der Waals surface area contributed by atoms with Gasteiger partial charge in [0.2, 0.25) is 0 Å². The predicted molar refractivity (Wildman–Crippen MR) is 120 cm³/mol. The summed E-state index contributed by atoms with van der Waals surface area (Å²) in [6.07, 6.45) is 4.83. The van der Waals surface area contributed by atoms with Crippen molar-refractivity contribution in [3.63, 3.8) is 0 Å². The summed E-state index contributed by atoms with van der Waals surface area (Å²) in [4.78, 5) is 22.8. The highest BCUT2D eigenvalue weighted by molar-refractivity contribution is 5.83. The molecule has 0 radical (unpaired) electrons. The average Bonchev–Trinajstić information content (AvgIpc) is 3.43. The van der Waals surface area contributed by atoms with E-state index in [-0.39, 0.29) is 10.8 Å². The second kappa shape index (κ2) is 6.61. The summed E-state index contributed by atoms with van der Waals surface area (Å²) in [7, 11) is 0. The van der Waals surface area contributed by atoms with E-state index < -0.39 is 11.5 Å². The number of carboxylic acids is 1. The number of carbonyl (C=O) groups is 1. The van der Waals surface area contributed by atoms with Gasteiger partial charge in [-0.05, 0) is 89.0 Å². The van der Waals surface area contributed by atoms with Gasteiger partial charge in [-0.1, -0.05) is 30.7 Å². The van der Waals surface area contributed by atoms with Crippen LogP contribution in [0.5, 0.6) is 0 Å². The smallest absolute Gasteiger partial charge is 0.330 e. The molecule has 0 bridgehead atoms. The van der Waals surface area contributed by atoms with E-state index in [1.165, 1.54) is 16.7 Å². The molecule has 1 saturated carbocycles. The van der Waals surface area contributed by atoms with Crippen LogP contribution in [0.4, 0.5) is 0 Å². The molecule has 2 heterocycles. The van der Waals surface area contributed by atoms with Crippen LogP contribution < -0.4 is 5.32 Å². The van der Waals surface area contributed by atoms with E-state index in [1.807, 2.05) is 6.92 Å². The molecule has 3 atom stereocenters. The Kier molecular flexibility index (Phi) is 4.40. The Morgan fingerprint density at radius 3 is 2.45 bits per heavy atom. The van der Waals surface area contributed by atoms with Crippen LogP contribution in [0.25, 0.3) is 0 Å². The van der Waals surface area contributed by atoms with Gasteiger partial charge in [-0.25, -0.2) is 14.8 Å². The lowest BCUT2D eigenvalue weighted by atomic mass is 9.65. The zero-order valence-electron chi connectivity index (χ0n) is 19.3. The maximum absolute atomic E-state index is 13.0. The number of benzene rings is 1. The fourth-order valence-electron chi connectivity index (χ4n) is 6.69. The summed E-state index contributed by atoms with van der Waals surface area (Å²) in [6, 6.07) is 6.63. The van der Waals surface area contributed by atoms with Crippen LogP contribution in [-0.4, -0.2) is 27.6 Å². The average molecular weight is 420 g/mol. The number of nitrogens with one attached hydrogen (secondary N) is 1. The van der Waals surface area contributed by atoms with Crippen molar-refractivity contribution in [2.75, 3.05) is 6.54 Å². The van der Waals surface area contributed by atoms with E-state index in [2.05, 4.69) is 51.2 Å². The Labute approximate surface area is 184 Å². The molecule has 5 nitrogen and oxygen atoms in total. The molecule has 2 fully saturated rings. The fourth-order valence-corrected chi connectivity index (χ4v) is 6.69. The molecule has 3 aliphatic rings. The minimum Gasteiger partial charge on any atom is -0.480 e. The summed E-state index contributed by atoms with van der Waals surface area (Å²) in [6.45, 7) is 11.3. The van der Waals surface area contributed by atoms with Crippen molar-refractivity contribution in [2.24, 2.45) is 11.3 Å². The van der Waals surface area contributed by atoms with Gasteiger partial charge in [0.1, 0.15) is 5.82 Å². The number of rotatable bonds is 4. The van der Waals surface area contributed by atoms with Gasteiger partial charge in [0.05, 0.1) is 11.4 Å². The molecular weight excluding hydrogens is 386 g/mol. The predicted octanol–water partition coefficient (Wildman–Crippen LogP) is 4.34. The van der Waals surface area contributed by atoms with E-state index in [4.69, 9.17) is 9.97 Å². The first-order chi connectivity index (χ1) is 14.6. The lowest BCUT2D eigenvalue weighted by molar-refractivity contribution is -0.150. The molecule has 2 unspecified atom stereocenters. The molecule has 0 spiro atoms. The number of aryl methyl sites for hydroxylation is 3. The second-order valence-electron chi connectivity index (χ2n) is 10.5. The van der Waals surface area contributed by atoms with Crippen LogP contribution in [0.15, 0.2) is 18.2 Å². The zero-order chi connectivity index (χ0) is 22.2. The van der Waals surface area contributed by atoms with Crippen LogP contribution in [-0.2, 0) is 22.2 Å². The van der Waals surface area contributed by atoms with Crippen LogP contribution in [0, 0.1) is 32.1 Å². The van der Waals surface area contributed by atoms with Gasteiger partial charge >= 0.3 is 5.97 Å². The molecular formula is C26H33N3O2. The fraction of sp³-hybridized carbons (Fsp3) is 0.577. The van der Waals surface area contributed by atoms with Crippen molar-refractivity contribution in [2.45, 2.75) is 77.7 Å². The highest BCUT2D eigenvalue weighted by atomic mass is 16.4. The second-order valence-corrected chi connectivity index (χ2v) is 10.5. The third-order valence-electron chi connectivity index (χ3n) is 8.54. The number of carboxylic acid groups (broad SMARTS) is 1. The van der Waals surface area contributed by atoms with E-state index in [1.54, 1.807) is 0 Å². The largest absolute Gasteiger partial charge is 0.480 e. The van der Waals surface area contributed by atoms with Crippen LogP contribution in [0.3, 0.4) is 0 Å². The molecule has 1 aromatic heterocycles. The highest BCUT2D eigenvalue weighted by Crippen LogP contribution is 2.60. The Morgan fingerprint density at radius 1 is 1.10 bits per heavy atom. The first kappa shape index (κ1) is 20.6. The summed E-state index contributed by atoms with van der Waals surface area (Å²) in [5.74, 6) is 0.315. The van der Waals surface area contributed by atoms with Gasteiger partial charge in [0, 0.05) is 10.8 Å².